The number of likely N-dealkylation sites (N-methyl/N-ethyl adjacent to an activating group) is 1. The molecule has 0 aliphatic carbocycles. The molecule has 1 aromatic carbocycles. The number of aliphatic imine (C=N–C) groups is 1. The second-order valence-corrected chi connectivity index (χ2v) is 6.69. The summed E-state index contributed by atoms with van der Waals surface area (Å²) in [6, 6.07) is 7.44. The zero-order chi connectivity index (χ0) is 21.2. The summed E-state index contributed by atoms with van der Waals surface area (Å²) in [5.74, 6) is 0.510. The standard InChI is InChI=1S/C19H30F3N5O/c1-5-23-18(25-11-12-27(4)14-19(20,21)22)24-10-9-15-7-6-8-16(13-15)17(28)26(2)3/h6-8,13H,5,9-12,14H2,1-4H3,(H2,23,24,25). The van der Waals surface area contributed by atoms with Crippen LogP contribution in [-0.2, 0) is 6.42 Å². The average molecular weight is 401 g/mol. The van der Waals surface area contributed by atoms with Gasteiger partial charge in [-0.1, -0.05) is 12.1 Å². The molecule has 0 atom stereocenters. The van der Waals surface area contributed by atoms with E-state index in [1.807, 2.05) is 25.1 Å². The van der Waals surface area contributed by atoms with E-state index in [-0.39, 0.29) is 19.0 Å². The number of benzene rings is 1. The Morgan fingerprint density at radius 3 is 2.50 bits per heavy atom. The molecule has 2 N–H and O–H groups in total. The molecule has 9 heteroatoms. The van der Waals surface area contributed by atoms with Gasteiger partial charge in [-0.25, -0.2) is 0 Å². The number of carbonyl (C=O) groups is 1. The summed E-state index contributed by atoms with van der Waals surface area (Å²) >= 11 is 0. The summed E-state index contributed by atoms with van der Waals surface area (Å²) in [6.07, 6.45) is -3.52. The van der Waals surface area contributed by atoms with E-state index in [1.165, 1.54) is 16.8 Å². The molecule has 28 heavy (non-hydrogen) atoms. The number of nitrogens with zero attached hydrogens (tertiary/aromatic N) is 3. The Morgan fingerprint density at radius 2 is 1.89 bits per heavy atom. The third kappa shape index (κ3) is 9.59. The normalized spacial score (nSPS) is 12.2. The summed E-state index contributed by atoms with van der Waals surface area (Å²) in [5, 5.41) is 6.24. The van der Waals surface area contributed by atoms with Crippen LogP contribution in [0.2, 0.25) is 0 Å². The first-order valence-electron chi connectivity index (χ1n) is 9.20. The maximum atomic E-state index is 12.3. The summed E-state index contributed by atoms with van der Waals surface area (Å²) in [4.78, 5) is 19.1. The van der Waals surface area contributed by atoms with Gasteiger partial charge < -0.3 is 15.5 Å². The van der Waals surface area contributed by atoms with Crippen molar-refractivity contribution in [3.05, 3.63) is 35.4 Å². The fraction of sp³-hybridized carbons (Fsp3) is 0.579. The Labute approximate surface area is 164 Å². The lowest BCUT2D eigenvalue weighted by molar-refractivity contribution is -0.142. The van der Waals surface area contributed by atoms with Crippen LogP contribution in [0.1, 0.15) is 22.8 Å². The van der Waals surface area contributed by atoms with Crippen molar-refractivity contribution in [1.82, 2.24) is 20.4 Å². The highest BCUT2D eigenvalue weighted by atomic mass is 19.4. The second kappa shape index (κ2) is 11.5. The van der Waals surface area contributed by atoms with Gasteiger partial charge in [0.25, 0.3) is 5.91 Å². The zero-order valence-corrected chi connectivity index (χ0v) is 16.9. The van der Waals surface area contributed by atoms with Crippen LogP contribution in [0.4, 0.5) is 13.2 Å². The van der Waals surface area contributed by atoms with Gasteiger partial charge in [0, 0.05) is 39.3 Å². The van der Waals surface area contributed by atoms with E-state index in [0.717, 1.165) is 5.56 Å². The van der Waals surface area contributed by atoms with Crippen LogP contribution in [-0.4, -0.2) is 81.7 Å². The van der Waals surface area contributed by atoms with Gasteiger partial charge in [0.1, 0.15) is 0 Å². The smallest absolute Gasteiger partial charge is 0.357 e. The molecule has 0 spiro atoms. The highest BCUT2D eigenvalue weighted by molar-refractivity contribution is 5.94. The minimum Gasteiger partial charge on any atom is -0.357 e. The van der Waals surface area contributed by atoms with Crippen LogP contribution in [0.5, 0.6) is 0 Å². The van der Waals surface area contributed by atoms with Gasteiger partial charge >= 0.3 is 6.18 Å². The molecule has 0 unspecified atom stereocenters. The van der Waals surface area contributed by atoms with Crippen LogP contribution in [0, 0.1) is 0 Å². The molecule has 0 heterocycles. The molecule has 0 bridgehead atoms. The van der Waals surface area contributed by atoms with Crippen molar-refractivity contribution in [2.24, 2.45) is 4.99 Å². The predicted molar refractivity (Wildman–Crippen MR) is 106 cm³/mol. The number of hydrogen-bond acceptors (Lipinski definition) is 3. The first kappa shape index (κ1) is 23.7. The number of alkyl halides is 3. The van der Waals surface area contributed by atoms with E-state index in [1.54, 1.807) is 20.2 Å². The number of rotatable bonds is 9. The molecule has 1 rings (SSSR count). The van der Waals surface area contributed by atoms with Crippen LogP contribution >= 0.6 is 0 Å². The summed E-state index contributed by atoms with van der Waals surface area (Å²) < 4.78 is 37.0. The van der Waals surface area contributed by atoms with Crippen molar-refractivity contribution in [2.45, 2.75) is 19.5 Å². The third-order valence-electron chi connectivity index (χ3n) is 3.83. The summed E-state index contributed by atoms with van der Waals surface area (Å²) in [6.45, 7) is 2.68. The van der Waals surface area contributed by atoms with Crippen LogP contribution in [0.15, 0.2) is 29.3 Å². The van der Waals surface area contributed by atoms with Gasteiger partial charge in [-0.05, 0) is 38.1 Å². The Morgan fingerprint density at radius 1 is 1.18 bits per heavy atom. The lowest BCUT2D eigenvalue weighted by Gasteiger charge is -2.18. The molecule has 0 radical (unpaired) electrons. The van der Waals surface area contributed by atoms with E-state index >= 15 is 0 Å². The molecule has 0 aliphatic rings. The number of carbonyl (C=O) groups excluding carboxylic acids is 1. The minimum absolute atomic E-state index is 0.0484. The van der Waals surface area contributed by atoms with E-state index in [2.05, 4.69) is 15.6 Å². The summed E-state index contributed by atoms with van der Waals surface area (Å²) in [5.41, 5.74) is 1.65. The largest absolute Gasteiger partial charge is 0.401 e. The summed E-state index contributed by atoms with van der Waals surface area (Å²) in [7, 11) is 4.84. The lowest BCUT2D eigenvalue weighted by Crippen LogP contribution is -2.39. The lowest BCUT2D eigenvalue weighted by atomic mass is 10.1. The van der Waals surface area contributed by atoms with Crippen molar-refractivity contribution in [1.29, 1.82) is 0 Å². The Kier molecular flexibility index (Phi) is 9.78. The van der Waals surface area contributed by atoms with Gasteiger partial charge in [0.15, 0.2) is 5.96 Å². The molecule has 1 aromatic rings. The van der Waals surface area contributed by atoms with Crippen LogP contribution < -0.4 is 10.6 Å². The molecule has 6 nitrogen and oxygen atoms in total. The molecule has 1 amide bonds. The van der Waals surface area contributed by atoms with Crippen molar-refractivity contribution >= 4 is 11.9 Å². The Bertz CT molecular complexity index is 647. The van der Waals surface area contributed by atoms with Crippen molar-refractivity contribution < 1.29 is 18.0 Å². The van der Waals surface area contributed by atoms with E-state index in [0.29, 0.717) is 31.0 Å². The van der Waals surface area contributed by atoms with Gasteiger partial charge in [0.2, 0.25) is 0 Å². The first-order chi connectivity index (χ1) is 13.1. The second-order valence-electron chi connectivity index (χ2n) is 6.69. The van der Waals surface area contributed by atoms with E-state index < -0.39 is 12.7 Å². The highest BCUT2D eigenvalue weighted by Crippen LogP contribution is 2.15. The molecule has 0 saturated heterocycles. The van der Waals surface area contributed by atoms with Crippen LogP contribution in [0.25, 0.3) is 0 Å². The van der Waals surface area contributed by atoms with E-state index in [9.17, 15) is 18.0 Å². The maximum absolute atomic E-state index is 12.3. The van der Waals surface area contributed by atoms with Gasteiger partial charge in [-0.15, -0.1) is 0 Å². The first-order valence-corrected chi connectivity index (χ1v) is 9.20. The Hall–Kier alpha value is -2.29. The zero-order valence-electron chi connectivity index (χ0n) is 16.9. The highest BCUT2D eigenvalue weighted by Gasteiger charge is 2.28. The monoisotopic (exact) mass is 401 g/mol. The van der Waals surface area contributed by atoms with E-state index in [4.69, 9.17) is 0 Å². The van der Waals surface area contributed by atoms with Gasteiger partial charge in [-0.3, -0.25) is 14.7 Å². The van der Waals surface area contributed by atoms with Gasteiger partial charge in [0.05, 0.1) is 13.1 Å². The number of amides is 1. The fourth-order valence-corrected chi connectivity index (χ4v) is 2.50. The van der Waals surface area contributed by atoms with Crippen LogP contribution in [0.3, 0.4) is 0 Å². The molecular weight excluding hydrogens is 371 g/mol. The molecule has 0 aromatic heterocycles. The van der Waals surface area contributed by atoms with Crippen molar-refractivity contribution in [3.63, 3.8) is 0 Å². The number of guanidine groups is 1. The molecule has 158 valence electrons. The van der Waals surface area contributed by atoms with Gasteiger partial charge in [-0.2, -0.15) is 13.2 Å². The third-order valence-corrected chi connectivity index (χ3v) is 3.83. The molecule has 0 saturated carbocycles. The Balaban J connectivity index is 2.53. The molecular formula is C19H30F3N5O. The quantitative estimate of drug-likeness (QED) is 0.491. The molecule has 0 aliphatic heterocycles. The SMILES string of the molecule is CCNC(=NCCN(C)CC(F)(F)F)NCCc1cccc(C(=O)N(C)C)c1. The van der Waals surface area contributed by atoms with Crippen molar-refractivity contribution in [2.75, 3.05) is 53.9 Å². The predicted octanol–water partition coefficient (Wildman–Crippen LogP) is 1.98. The number of halogens is 3. The average Bonchev–Trinajstić information content (AvgIpc) is 2.59. The minimum atomic E-state index is -4.20. The van der Waals surface area contributed by atoms with Crippen molar-refractivity contribution in [3.8, 4) is 0 Å². The maximum Gasteiger partial charge on any atom is 0.401 e. The fourth-order valence-electron chi connectivity index (χ4n) is 2.50. The molecule has 0 fully saturated rings. The topological polar surface area (TPSA) is 60.0 Å². The number of hydrogen-bond donors (Lipinski definition) is 2. The number of nitrogens with one attached hydrogen (secondary N) is 2.